The molecule has 0 unspecified atom stereocenters. The van der Waals surface area contributed by atoms with Crippen LogP contribution in [0, 0.1) is 11.3 Å². The Kier molecular flexibility index (Phi) is 10.1. The van der Waals surface area contributed by atoms with E-state index in [0.29, 0.717) is 31.0 Å². The predicted molar refractivity (Wildman–Crippen MR) is 158 cm³/mol. The van der Waals surface area contributed by atoms with Gasteiger partial charge in [0.15, 0.2) is 0 Å². The quantitative estimate of drug-likeness (QED) is 0.265. The van der Waals surface area contributed by atoms with E-state index in [9.17, 15) is 19.2 Å². The smallest absolute Gasteiger partial charge is 0.426 e. The molecule has 234 valence electrons. The first-order valence-electron chi connectivity index (χ1n) is 14.3. The molecule has 3 amide bonds. The topological polar surface area (TPSA) is 149 Å². The molecule has 0 aromatic heterocycles. The molecular formula is C30H45ClN4O7. The van der Waals surface area contributed by atoms with Gasteiger partial charge in [-0.25, -0.2) is 14.4 Å². The zero-order valence-electron chi connectivity index (χ0n) is 25.7. The number of likely N-dealkylation sites (tertiary alicyclic amines) is 1. The van der Waals surface area contributed by atoms with Crippen LogP contribution in [0.4, 0.5) is 9.59 Å². The van der Waals surface area contributed by atoms with Crippen molar-refractivity contribution in [1.29, 1.82) is 0 Å². The number of amides is 3. The standard InChI is InChI=1S/C30H45ClN4O7/c1-19(2)22(23(36)35-15-14-29(7,27(3,4)17-35)20-8-10-21(31)11-9-20)34-25(38)33-16-28(5,6)42-26(39)41-18-40-24(37)30(32)12-13-30/h8-11,19,22H,12-18,32H2,1-7H3,(H2,33,34,38)/t22-,29-/m1/s1. The molecule has 2 atom stereocenters. The minimum atomic E-state index is -1.15. The minimum Gasteiger partial charge on any atom is -0.426 e. The van der Waals surface area contributed by atoms with Gasteiger partial charge in [-0.05, 0) is 62.1 Å². The summed E-state index contributed by atoms with van der Waals surface area (Å²) in [6.45, 7) is 13.9. The molecule has 2 fully saturated rings. The van der Waals surface area contributed by atoms with Crippen LogP contribution in [0.15, 0.2) is 24.3 Å². The van der Waals surface area contributed by atoms with E-state index in [1.165, 1.54) is 5.56 Å². The highest BCUT2D eigenvalue weighted by atomic mass is 35.5. The number of carbonyl (C=O) groups excluding carboxylic acids is 4. The predicted octanol–water partition coefficient (Wildman–Crippen LogP) is 4.10. The summed E-state index contributed by atoms with van der Waals surface area (Å²) in [6, 6.07) is 6.57. The van der Waals surface area contributed by atoms with Gasteiger partial charge in [0, 0.05) is 23.5 Å². The molecule has 1 aromatic carbocycles. The third-order valence-corrected chi connectivity index (χ3v) is 8.82. The van der Waals surface area contributed by atoms with Gasteiger partial charge >= 0.3 is 18.2 Å². The first-order valence-corrected chi connectivity index (χ1v) is 14.7. The monoisotopic (exact) mass is 608 g/mol. The van der Waals surface area contributed by atoms with Gasteiger partial charge in [-0.1, -0.05) is 58.4 Å². The van der Waals surface area contributed by atoms with Crippen molar-refractivity contribution in [2.45, 2.75) is 90.3 Å². The van der Waals surface area contributed by atoms with Crippen molar-refractivity contribution in [3.05, 3.63) is 34.9 Å². The maximum absolute atomic E-state index is 13.7. The van der Waals surface area contributed by atoms with Crippen molar-refractivity contribution in [1.82, 2.24) is 15.5 Å². The molecule has 42 heavy (non-hydrogen) atoms. The molecule has 1 aliphatic heterocycles. The van der Waals surface area contributed by atoms with Crippen molar-refractivity contribution in [2.24, 2.45) is 17.1 Å². The third kappa shape index (κ3) is 8.06. The van der Waals surface area contributed by atoms with Gasteiger partial charge in [0.1, 0.15) is 17.2 Å². The Morgan fingerprint density at radius 1 is 1.05 bits per heavy atom. The lowest BCUT2D eigenvalue weighted by Gasteiger charge is -2.52. The SMILES string of the molecule is CC(C)[C@@H](NC(=O)NCC(C)(C)OC(=O)OCOC(=O)C1(N)CC1)C(=O)N1CC[C@](C)(c2ccc(Cl)cc2)C(C)(C)C1. The first kappa shape index (κ1) is 33.5. The molecule has 1 aliphatic carbocycles. The van der Waals surface area contributed by atoms with E-state index in [-0.39, 0.29) is 29.2 Å². The van der Waals surface area contributed by atoms with E-state index in [1.807, 2.05) is 30.9 Å². The molecule has 1 saturated heterocycles. The summed E-state index contributed by atoms with van der Waals surface area (Å²) in [5.41, 5.74) is 4.36. The molecule has 1 heterocycles. The highest BCUT2D eigenvalue weighted by molar-refractivity contribution is 6.30. The fourth-order valence-electron chi connectivity index (χ4n) is 5.07. The van der Waals surface area contributed by atoms with Crippen LogP contribution in [0.2, 0.25) is 5.02 Å². The van der Waals surface area contributed by atoms with Gasteiger partial charge in [-0.3, -0.25) is 4.79 Å². The highest BCUT2D eigenvalue weighted by Crippen LogP contribution is 2.48. The molecule has 4 N–H and O–H groups in total. The number of halogens is 1. The van der Waals surface area contributed by atoms with E-state index in [2.05, 4.69) is 43.5 Å². The lowest BCUT2D eigenvalue weighted by molar-refractivity contribution is -0.157. The Balaban J connectivity index is 1.51. The van der Waals surface area contributed by atoms with Crippen LogP contribution in [-0.4, -0.2) is 72.6 Å². The number of urea groups is 1. The normalized spacial score (nSPS) is 21.6. The molecule has 12 heteroatoms. The van der Waals surface area contributed by atoms with Crippen LogP contribution in [-0.2, 0) is 29.2 Å². The Morgan fingerprint density at radius 3 is 2.21 bits per heavy atom. The van der Waals surface area contributed by atoms with Crippen LogP contribution >= 0.6 is 11.6 Å². The summed E-state index contributed by atoms with van der Waals surface area (Å²) in [6.07, 6.45) is 0.754. The fraction of sp³-hybridized carbons (Fsp3) is 0.667. The lowest BCUT2D eigenvalue weighted by atomic mass is 9.59. The third-order valence-electron chi connectivity index (χ3n) is 8.57. The number of hydrogen-bond acceptors (Lipinski definition) is 8. The Bertz CT molecular complexity index is 1170. The number of ether oxygens (including phenoxy) is 3. The fourth-order valence-corrected chi connectivity index (χ4v) is 5.19. The van der Waals surface area contributed by atoms with Crippen molar-refractivity contribution < 1.29 is 33.4 Å². The summed E-state index contributed by atoms with van der Waals surface area (Å²) in [5, 5.41) is 6.14. The van der Waals surface area contributed by atoms with E-state index in [0.717, 1.165) is 6.42 Å². The second kappa shape index (κ2) is 12.7. The number of carbonyl (C=O) groups is 4. The number of hydrogen-bond donors (Lipinski definition) is 3. The van der Waals surface area contributed by atoms with Crippen LogP contribution < -0.4 is 16.4 Å². The molecule has 1 saturated carbocycles. The first-order chi connectivity index (χ1) is 19.4. The largest absolute Gasteiger partial charge is 0.511 e. The van der Waals surface area contributed by atoms with Gasteiger partial charge in [0.2, 0.25) is 12.7 Å². The van der Waals surface area contributed by atoms with Gasteiger partial charge in [-0.2, -0.15) is 0 Å². The zero-order valence-corrected chi connectivity index (χ0v) is 26.4. The molecular weight excluding hydrogens is 564 g/mol. The van der Waals surface area contributed by atoms with Crippen molar-refractivity contribution in [3.63, 3.8) is 0 Å². The summed E-state index contributed by atoms with van der Waals surface area (Å²) in [4.78, 5) is 52.1. The summed E-state index contributed by atoms with van der Waals surface area (Å²) < 4.78 is 14.9. The Hall–Kier alpha value is -3.05. The average Bonchev–Trinajstić information content (AvgIpc) is 3.65. The number of nitrogens with zero attached hydrogens (tertiary/aromatic N) is 1. The van der Waals surface area contributed by atoms with Crippen molar-refractivity contribution in [3.8, 4) is 0 Å². The molecule has 11 nitrogen and oxygen atoms in total. The average molecular weight is 609 g/mol. The zero-order chi connectivity index (χ0) is 31.5. The number of nitrogens with one attached hydrogen (secondary N) is 2. The molecule has 0 bridgehead atoms. The molecule has 2 aliphatic rings. The van der Waals surface area contributed by atoms with E-state index in [1.54, 1.807) is 13.8 Å². The van der Waals surface area contributed by atoms with Gasteiger partial charge in [-0.15, -0.1) is 0 Å². The molecule has 0 radical (unpaired) electrons. The van der Waals surface area contributed by atoms with Crippen LogP contribution in [0.25, 0.3) is 0 Å². The molecule has 0 spiro atoms. The second-order valence-electron chi connectivity index (χ2n) is 13.2. The van der Waals surface area contributed by atoms with E-state index >= 15 is 0 Å². The maximum Gasteiger partial charge on any atom is 0.511 e. The number of benzene rings is 1. The van der Waals surface area contributed by atoms with Crippen LogP contribution in [0.5, 0.6) is 0 Å². The van der Waals surface area contributed by atoms with E-state index in [4.69, 9.17) is 31.5 Å². The molecule has 3 rings (SSSR count). The molecule has 1 aromatic rings. The van der Waals surface area contributed by atoms with Gasteiger partial charge < -0.3 is 35.5 Å². The number of piperidine rings is 1. The van der Waals surface area contributed by atoms with Gasteiger partial charge in [0.05, 0.1) is 6.54 Å². The van der Waals surface area contributed by atoms with Crippen molar-refractivity contribution >= 4 is 35.7 Å². The summed E-state index contributed by atoms with van der Waals surface area (Å²) >= 11 is 6.11. The summed E-state index contributed by atoms with van der Waals surface area (Å²) in [7, 11) is 0. The van der Waals surface area contributed by atoms with E-state index < -0.39 is 42.1 Å². The Labute approximate surface area is 253 Å². The number of nitrogens with two attached hydrogens (primary N) is 1. The minimum absolute atomic E-state index is 0.0607. The second-order valence-corrected chi connectivity index (χ2v) is 13.7. The van der Waals surface area contributed by atoms with Gasteiger partial charge in [0.25, 0.3) is 0 Å². The van der Waals surface area contributed by atoms with Crippen molar-refractivity contribution in [2.75, 3.05) is 26.4 Å². The summed E-state index contributed by atoms with van der Waals surface area (Å²) in [5.74, 6) is -0.947. The maximum atomic E-state index is 13.7. The van der Waals surface area contributed by atoms with Crippen LogP contribution in [0.1, 0.15) is 73.3 Å². The Morgan fingerprint density at radius 2 is 1.67 bits per heavy atom. The van der Waals surface area contributed by atoms with Crippen LogP contribution in [0.3, 0.4) is 0 Å². The number of rotatable bonds is 10. The lowest BCUT2D eigenvalue weighted by Crippen LogP contribution is -2.60. The number of esters is 1. The highest BCUT2D eigenvalue weighted by Gasteiger charge is 2.49.